The highest BCUT2D eigenvalue weighted by atomic mass is 19.1. The van der Waals surface area contributed by atoms with E-state index in [1.807, 2.05) is 0 Å². The molecule has 1 aromatic heterocycles. The maximum Gasteiger partial charge on any atom is 0.376 e. The van der Waals surface area contributed by atoms with Crippen molar-refractivity contribution in [1.82, 2.24) is 14.3 Å². The molecule has 20 heavy (non-hydrogen) atoms. The Morgan fingerprint density at radius 3 is 2.75 bits per heavy atom. The summed E-state index contributed by atoms with van der Waals surface area (Å²) < 4.78 is 20.5. The Hall–Kier alpha value is -2.44. The van der Waals surface area contributed by atoms with Gasteiger partial charge in [-0.05, 0) is 13.0 Å². The van der Waals surface area contributed by atoms with E-state index >= 15 is 0 Å². The predicted octanol–water partition coefficient (Wildman–Crippen LogP) is 0.946. The molecule has 1 aromatic carbocycles. The van der Waals surface area contributed by atoms with Crippen LogP contribution in [0.2, 0.25) is 0 Å². The fourth-order valence-electron chi connectivity index (χ4n) is 1.75. The number of nitrogens with zero attached hydrogens (tertiary/aromatic N) is 3. The van der Waals surface area contributed by atoms with Crippen LogP contribution in [0.5, 0.6) is 0 Å². The van der Waals surface area contributed by atoms with Crippen LogP contribution in [0.4, 0.5) is 4.39 Å². The van der Waals surface area contributed by atoms with Crippen LogP contribution in [0.15, 0.2) is 29.1 Å². The second-order valence-electron chi connectivity index (χ2n) is 4.13. The highest BCUT2D eigenvalue weighted by Crippen LogP contribution is 2.07. The maximum atomic E-state index is 13.6. The summed E-state index contributed by atoms with van der Waals surface area (Å²) in [5.41, 5.74) is -0.181. The Kier molecular flexibility index (Phi) is 3.97. The van der Waals surface area contributed by atoms with Crippen molar-refractivity contribution in [2.45, 2.75) is 13.5 Å². The normalized spacial score (nSPS) is 10.6. The van der Waals surface area contributed by atoms with Gasteiger partial charge in [0, 0.05) is 12.6 Å². The Morgan fingerprint density at radius 2 is 2.10 bits per heavy atom. The minimum atomic E-state index is -0.681. The summed E-state index contributed by atoms with van der Waals surface area (Å²) in [7, 11) is 1.42. The third-order valence-electron chi connectivity index (χ3n) is 2.78. The smallest absolute Gasteiger partial charge is 0.376 e. The molecule has 0 amide bonds. The van der Waals surface area contributed by atoms with Gasteiger partial charge < -0.3 is 4.74 Å². The van der Waals surface area contributed by atoms with Crippen LogP contribution in [-0.2, 0) is 18.3 Å². The number of rotatable bonds is 4. The molecule has 0 saturated carbocycles. The molecule has 0 radical (unpaired) electrons. The fraction of sp³-hybridized carbons (Fsp3) is 0.308. The van der Waals surface area contributed by atoms with Crippen molar-refractivity contribution in [3.8, 4) is 0 Å². The first-order valence-corrected chi connectivity index (χ1v) is 6.09. The average molecular weight is 279 g/mol. The minimum absolute atomic E-state index is 0.0429. The third kappa shape index (κ3) is 2.61. The molecular weight excluding hydrogens is 265 g/mol. The first kappa shape index (κ1) is 14.0. The van der Waals surface area contributed by atoms with Gasteiger partial charge in [-0.2, -0.15) is 0 Å². The molecule has 0 atom stereocenters. The number of carbonyl (C=O) groups excluding carboxylic acids is 1. The molecule has 0 saturated heterocycles. The van der Waals surface area contributed by atoms with Gasteiger partial charge in [0.1, 0.15) is 5.82 Å². The zero-order valence-electron chi connectivity index (χ0n) is 11.2. The van der Waals surface area contributed by atoms with E-state index in [1.54, 1.807) is 25.1 Å². The molecule has 2 rings (SSSR count). The molecule has 0 aliphatic heterocycles. The number of hydrogen-bond donors (Lipinski definition) is 0. The summed E-state index contributed by atoms with van der Waals surface area (Å²) in [5.74, 6) is -1.21. The topological polar surface area (TPSA) is 66.1 Å². The van der Waals surface area contributed by atoms with Crippen molar-refractivity contribution < 1.29 is 13.9 Å². The lowest BCUT2D eigenvalue weighted by atomic mass is 10.2. The van der Waals surface area contributed by atoms with Crippen LogP contribution in [0.1, 0.15) is 23.1 Å². The lowest BCUT2D eigenvalue weighted by Crippen LogP contribution is -2.24. The number of benzene rings is 1. The molecule has 0 N–H and O–H groups in total. The highest BCUT2D eigenvalue weighted by molar-refractivity contribution is 5.85. The molecule has 6 nitrogen and oxygen atoms in total. The molecule has 0 bridgehead atoms. The molecule has 2 aromatic rings. The summed E-state index contributed by atoms with van der Waals surface area (Å²) in [5, 5.41) is 3.89. The van der Waals surface area contributed by atoms with Crippen molar-refractivity contribution in [3.05, 3.63) is 52.0 Å². The Bertz CT molecular complexity index is 690. The van der Waals surface area contributed by atoms with E-state index in [0.29, 0.717) is 5.56 Å². The van der Waals surface area contributed by atoms with Crippen LogP contribution < -0.4 is 5.69 Å². The van der Waals surface area contributed by atoms with E-state index in [2.05, 4.69) is 5.10 Å². The van der Waals surface area contributed by atoms with E-state index in [-0.39, 0.29) is 19.0 Å². The van der Waals surface area contributed by atoms with E-state index in [0.717, 1.165) is 9.25 Å². The van der Waals surface area contributed by atoms with Gasteiger partial charge in [0.15, 0.2) is 0 Å². The predicted molar refractivity (Wildman–Crippen MR) is 68.9 cm³/mol. The summed E-state index contributed by atoms with van der Waals surface area (Å²) in [6.07, 6.45) is 0. The SMILES string of the molecule is CCOC(=O)c1nn(Cc2ccccc2F)c(=O)n1C. The van der Waals surface area contributed by atoms with E-state index < -0.39 is 17.5 Å². The monoisotopic (exact) mass is 279 g/mol. The van der Waals surface area contributed by atoms with E-state index in [1.165, 1.54) is 13.1 Å². The molecule has 0 unspecified atom stereocenters. The molecule has 0 spiro atoms. The Labute approximate surface area is 114 Å². The Morgan fingerprint density at radius 1 is 1.40 bits per heavy atom. The van der Waals surface area contributed by atoms with Gasteiger partial charge in [-0.3, -0.25) is 4.57 Å². The van der Waals surface area contributed by atoms with Crippen LogP contribution >= 0.6 is 0 Å². The largest absolute Gasteiger partial charge is 0.460 e. The van der Waals surface area contributed by atoms with E-state index in [9.17, 15) is 14.0 Å². The van der Waals surface area contributed by atoms with Gasteiger partial charge >= 0.3 is 11.7 Å². The van der Waals surface area contributed by atoms with Crippen molar-refractivity contribution >= 4 is 5.97 Å². The molecular formula is C13H14FN3O3. The number of aromatic nitrogens is 3. The van der Waals surface area contributed by atoms with Gasteiger partial charge in [0.05, 0.1) is 13.2 Å². The zero-order valence-corrected chi connectivity index (χ0v) is 11.2. The molecule has 0 aliphatic rings. The lowest BCUT2D eigenvalue weighted by molar-refractivity contribution is 0.0506. The molecule has 7 heteroatoms. The minimum Gasteiger partial charge on any atom is -0.460 e. The number of esters is 1. The van der Waals surface area contributed by atoms with Crippen LogP contribution in [0.3, 0.4) is 0 Å². The van der Waals surface area contributed by atoms with Crippen LogP contribution in [0.25, 0.3) is 0 Å². The highest BCUT2D eigenvalue weighted by Gasteiger charge is 2.19. The van der Waals surface area contributed by atoms with Crippen molar-refractivity contribution in [2.75, 3.05) is 6.61 Å². The second-order valence-corrected chi connectivity index (χ2v) is 4.13. The maximum absolute atomic E-state index is 13.6. The van der Waals surface area contributed by atoms with Crippen molar-refractivity contribution in [1.29, 1.82) is 0 Å². The van der Waals surface area contributed by atoms with E-state index in [4.69, 9.17) is 4.74 Å². The number of carbonyl (C=O) groups is 1. The summed E-state index contributed by atoms with van der Waals surface area (Å²) >= 11 is 0. The van der Waals surface area contributed by atoms with Crippen LogP contribution in [-0.4, -0.2) is 26.9 Å². The van der Waals surface area contributed by atoms with Crippen molar-refractivity contribution in [3.63, 3.8) is 0 Å². The summed E-state index contributed by atoms with van der Waals surface area (Å²) in [4.78, 5) is 23.6. The van der Waals surface area contributed by atoms with Crippen molar-refractivity contribution in [2.24, 2.45) is 7.05 Å². The van der Waals surface area contributed by atoms with Gasteiger partial charge in [-0.25, -0.2) is 18.7 Å². The molecule has 1 heterocycles. The first-order chi connectivity index (χ1) is 9.54. The fourth-order valence-corrected chi connectivity index (χ4v) is 1.75. The zero-order chi connectivity index (χ0) is 14.7. The lowest BCUT2D eigenvalue weighted by Gasteiger charge is -2.01. The van der Waals surface area contributed by atoms with Gasteiger partial charge in [0.2, 0.25) is 5.82 Å². The third-order valence-corrected chi connectivity index (χ3v) is 2.78. The number of hydrogen-bond acceptors (Lipinski definition) is 4. The number of halogens is 1. The van der Waals surface area contributed by atoms with Crippen LogP contribution in [0, 0.1) is 5.82 Å². The van der Waals surface area contributed by atoms with Gasteiger partial charge in [0.25, 0.3) is 0 Å². The molecule has 0 fully saturated rings. The first-order valence-electron chi connectivity index (χ1n) is 6.09. The average Bonchev–Trinajstić information content (AvgIpc) is 2.70. The van der Waals surface area contributed by atoms with Gasteiger partial charge in [-0.15, -0.1) is 5.10 Å². The summed E-state index contributed by atoms with van der Waals surface area (Å²) in [6.45, 7) is 1.80. The standard InChI is InChI=1S/C13H14FN3O3/c1-3-20-12(18)11-15-17(13(19)16(11)2)8-9-6-4-5-7-10(9)14/h4-7H,3,8H2,1-2H3. The molecule has 0 aliphatic carbocycles. The molecule has 106 valence electrons. The van der Waals surface area contributed by atoms with Gasteiger partial charge in [-0.1, -0.05) is 18.2 Å². The number of ether oxygens (including phenoxy) is 1. The summed E-state index contributed by atoms with van der Waals surface area (Å²) in [6, 6.07) is 6.08. The Balaban J connectivity index is 2.35. The second kappa shape index (κ2) is 5.68. The quantitative estimate of drug-likeness (QED) is 0.781.